The van der Waals surface area contributed by atoms with Crippen molar-refractivity contribution >= 4 is 11.6 Å². The predicted molar refractivity (Wildman–Crippen MR) is 32.9 cm³/mol. The van der Waals surface area contributed by atoms with Crippen molar-refractivity contribution in [2.45, 2.75) is 11.5 Å². The van der Waals surface area contributed by atoms with E-state index in [1.807, 2.05) is 0 Å². The summed E-state index contributed by atoms with van der Waals surface area (Å²) in [4.78, 5) is 0. The van der Waals surface area contributed by atoms with Crippen LogP contribution in [0.25, 0.3) is 0 Å². The van der Waals surface area contributed by atoms with Gasteiger partial charge in [-0.05, 0) is 6.08 Å². The summed E-state index contributed by atoms with van der Waals surface area (Å²) in [6, 6.07) is 0. The zero-order valence-corrected chi connectivity index (χ0v) is 5.58. The first-order valence-electron chi connectivity index (χ1n) is 2.64. The molecular weight excluding hydrogens is 165 g/mol. The lowest BCUT2D eigenvalue weighted by molar-refractivity contribution is 0.314. The smallest absolute Gasteiger partial charge is 0.174 e. The topological polar surface area (TPSA) is 0 Å². The van der Waals surface area contributed by atoms with Crippen molar-refractivity contribution in [3.8, 4) is 0 Å². The highest BCUT2D eigenvalue weighted by Crippen LogP contribution is 2.27. The van der Waals surface area contributed by atoms with Crippen molar-refractivity contribution in [2.75, 3.05) is 0 Å². The highest BCUT2D eigenvalue weighted by Gasteiger charge is 2.27. The van der Waals surface area contributed by atoms with Gasteiger partial charge >= 0.3 is 0 Å². The minimum absolute atomic E-state index is 0.823. The van der Waals surface area contributed by atoms with Gasteiger partial charge in [-0.2, -0.15) is 0 Å². The molecular formula is C6H4ClF3. The molecule has 0 nitrogen and oxygen atoms in total. The summed E-state index contributed by atoms with van der Waals surface area (Å²) < 4.78 is 36.7. The molecule has 0 N–H and O–H groups in total. The SMILES string of the molecule is FC1=C(F)C(F)C(Cl)C=C1. The molecule has 0 aromatic rings. The molecule has 1 rings (SSSR count). The van der Waals surface area contributed by atoms with Crippen LogP contribution >= 0.6 is 11.6 Å². The first kappa shape index (κ1) is 7.66. The van der Waals surface area contributed by atoms with Gasteiger partial charge in [0.15, 0.2) is 17.8 Å². The Hall–Kier alpha value is -0.440. The number of alkyl halides is 2. The van der Waals surface area contributed by atoms with E-state index in [9.17, 15) is 13.2 Å². The van der Waals surface area contributed by atoms with E-state index in [-0.39, 0.29) is 0 Å². The van der Waals surface area contributed by atoms with Crippen LogP contribution in [0.2, 0.25) is 0 Å². The van der Waals surface area contributed by atoms with Gasteiger partial charge in [0.2, 0.25) is 0 Å². The second kappa shape index (κ2) is 2.66. The average Bonchev–Trinajstić information content (AvgIpc) is 1.93. The van der Waals surface area contributed by atoms with Crippen LogP contribution in [-0.4, -0.2) is 11.5 Å². The Morgan fingerprint density at radius 3 is 2.50 bits per heavy atom. The Bertz CT molecular complexity index is 197. The van der Waals surface area contributed by atoms with Crippen LogP contribution < -0.4 is 0 Å². The summed E-state index contributed by atoms with van der Waals surface area (Å²) in [7, 11) is 0. The van der Waals surface area contributed by atoms with Gasteiger partial charge < -0.3 is 0 Å². The Balaban J connectivity index is 2.88. The Morgan fingerprint density at radius 1 is 1.40 bits per heavy atom. The lowest BCUT2D eigenvalue weighted by Crippen LogP contribution is -2.17. The van der Waals surface area contributed by atoms with Crippen molar-refractivity contribution in [1.29, 1.82) is 0 Å². The molecule has 0 spiro atoms. The third-order valence-electron chi connectivity index (χ3n) is 1.18. The maximum Gasteiger partial charge on any atom is 0.174 e. The molecule has 0 saturated heterocycles. The fourth-order valence-electron chi connectivity index (χ4n) is 0.625. The first-order valence-corrected chi connectivity index (χ1v) is 3.08. The molecule has 1 aliphatic rings. The molecule has 10 heavy (non-hydrogen) atoms. The van der Waals surface area contributed by atoms with E-state index in [4.69, 9.17) is 11.6 Å². The molecule has 0 radical (unpaired) electrons. The lowest BCUT2D eigenvalue weighted by Gasteiger charge is -2.12. The van der Waals surface area contributed by atoms with Gasteiger partial charge in [-0.25, -0.2) is 13.2 Å². The van der Waals surface area contributed by atoms with Gasteiger partial charge in [0, 0.05) is 0 Å². The van der Waals surface area contributed by atoms with Crippen LogP contribution in [0.5, 0.6) is 0 Å². The fourth-order valence-corrected chi connectivity index (χ4v) is 0.808. The number of rotatable bonds is 0. The van der Waals surface area contributed by atoms with E-state index in [2.05, 4.69) is 0 Å². The third kappa shape index (κ3) is 1.19. The fraction of sp³-hybridized carbons (Fsp3) is 0.333. The van der Waals surface area contributed by atoms with E-state index < -0.39 is 23.2 Å². The van der Waals surface area contributed by atoms with Gasteiger partial charge in [0.1, 0.15) is 0 Å². The van der Waals surface area contributed by atoms with Crippen molar-refractivity contribution < 1.29 is 13.2 Å². The Kier molecular flexibility index (Phi) is 2.04. The minimum Gasteiger partial charge on any atom is -0.238 e. The summed E-state index contributed by atoms with van der Waals surface area (Å²) in [6.45, 7) is 0. The van der Waals surface area contributed by atoms with Crippen LogP contribution in [0.15, 0.2) is 23.8 Å². The van der Waals surface area contributed by atoms with E-state index in [1.165, 1.54) is 0 Å². The third-order valence-corrected chi connectivity index (χ3v) is 1.54. The van der Waals surface area contributed by atoms with Crippen LogP contribution in [-0.2, 0) is 0 Å². The van der Waals surface area contributed by atoms with Gasteiger partial charge in [0.05, 0.1) is 5.38 Å². The number of hydrogen-bond acceptors (Lipinski definition) is 0. The maximum atomic E-state index is 12.4. The summed E-state index contributed by atoms with van der Waals surface area (Å²) in [5.74, 6) is -2.59. The zero-order chi connectivity index (χ0) is 7.72. The molecule has 0 fully saturated rings. The highest BCUT2D eigenvalue weighted by atomic mass is 35.5. The van der Waals surface area contributed by atoms with Crippen LogP contribution in [0, 0.1) is 0 Å². The molecule has 0 heterocycles. The van der Waals surface area contributed by atoms with Gasteiger partial charge in [-0.15, -0.1) is 11.6 Å². The summed E-state index contributed by atoms with van der Waals surface area (Å²) in [5, 5.41) is -1.08. The maximum absolute atomic E-state index is 12.4. The lowest BCUT2D eigenvalue weighted by atomic mass is 10.1. The number of hydrogen-bond donors (Lipinski definition) is 0. The number of halogens is 4. The normalized spacial score (nSPS) is 33.2. The standard InChI is InChI=1S/C6H4ClF3/c7-3-1-2-4(8)6(10)5(3)9/h1-3,5H. The van der Waals surface area contributed by atoms with Gasteiger partial charge in [0.25, 0.3) is 0 Å². The van der Waals surface area contributed by atoms with E-state index in [0.29, 0.717) is 0 Å². The van der Waals surface area contributed by atoms with Gasteiger partial charge in [-0.3, -0.25) is 0 Å². The summed E-state index contributed by atoms with van der Waals surface area (Å²) in [6.07, 6.45) is -0.139. The summed E-state index contributed by atoms with van der Waals surface area (Å²) in [5.41, 5.74) is 0. The first-order chi connectivity index (χ1) is 4.63. The van der Waals surface area contributed by atoms with Gasteiger partial charge in [-0.1, -0.05) is 6.08 Å². The van der Waals surface area contributed by atoms with Crippen molar-refractivity contribution in [3.05, 3.63) is 23.8 Å². The van der Waals surface area contributed by atoms with Crippen molar-refractivity contribution in [1.82, 2.24) is 0 Å². The Labute approximate surface area is 61.0 Å². The predicted octanol–water partition coefficient (Wildman–Crippen LogP) is 2.65. The summed E-state index contributed by atoms with van der Waals surface area (Å²) >= 11 is 5.22. The number of allylic oxidation sites excluding steroid dienone is 4. The highest BCUT2D eigenvalue weighted by molar-refractivity contribution is 6.22. The molecule has 0 amide bonds. The Morgan fingerprint density at radius 2 is 2.00 bits per heavy atom. The van der Waals surface area contributed by atoms with Crippen molar-refractivity contribution in [3.63, 3.8) is 0 Å². The quantitative estimate of drug-likeness (QED) is 0.488. The molecule has 0 aliphatic heterocycles. The molecule has 0 saturated carbocycles. The second-order valence-electron chi connectivity index (χ2n) is 1.90. The largest absolute Gasteiger partial charge is 0.238 e. The average molecular weight is 169 g/mol. The molecule has 1 aliphatic carbocycles. The zero-order valence-electron chi connectivity index (χ0n) is 4.82. The van der Waals surface area contributed by atoms with Crippen molar-refractivity contribution in [2.24, 2.45) is 0 Å². The van der Waals surface area contributed by atoms with E-state index in [0.717, 1.165) is 12.2 Å². The second-order valence-corrected chi connectivity index (χ2v) is 2.41. The molecule has 0 aromatic carbocycles. The van der Waals surface area contributed by atoms with E-state index >= 15 is 0 Å². The molecule has 0 aromatic heterocycles. The molecule has 4 heteroatoms. The molecule has 2 unspecified atom stereocenters. The molecule has 56 valence electrons. The van der Waals surface area contributed by atoms with E-state index in [1.54, 1.807) is 0 Å². The van der Waals surface area contributed by atoms with Crippen LogP contribution in [0.1, 0.15) is 0 Å². The minimum atomic E-state index is -2.04. The monoisotopic (exact) mass is 168 g/mol. The van der Waals surface area contributed by atoms with Crippen LogP contribution in [0.4, 0.5) is 13.2 Å². The van der Waals surface area contributed by atoms with Crippen LogP contribution in [0.3, 0.4) is 0 Å². The molecule has 0 bridgehead atoms. The molecule has 2 atom stereocenters.